The van der Waals surface area contributed by atoms with Gasteiger partial charge in [0.2, 0.25) is 0 Å². The standard InChI is InChI=1S/C22H25ClN6O2/c1-15-5-3-4-10-28(15)13-16-6-8-17(9-7-16)25-22(30)18-11-19(23)20(12-21(18)31-2)29-14-24-26-27-29/h6-9,11-12,14-15H,3-5,10,13H2,1-2H3,(H,25,30). The van der Waals surface area contributed by atoms with E-state index in [4.69, 9.17) is 16.3 Å². The van der Waals surface area contributed by atoms with Crippen molar-refractivity contribution in [1.82, 2.24) is 25.1 Å². The van der Waals surface area contributed by atoms with Crippen LogP contribution in [0.2, 0.25) is 5.02 Å². The molecule has 1 fully saturated rings. The Hall–Kier alpha value is -2.97. The van der Waals surface area contributed by atoms with Gasteiger partial charge in [0, 0.05) is 24.3 Å². The minimum absolute atomic E-state index is 0.306. The number of likely N-dealkylation sites (tertiary alicyclic amines) is 1. The molecule has 1 saturated heterocycles. The number of hydrogen-bond donors (Lipinski definition) is 1. The number of carbonyl (C=O) groups is 1. The van der Waals surface area contributed by atoms with E-state index in [-0.39, 0.29) is 5.91 Å². The van der Waals surface area contributed by atoms with Crippen LogP contribution in [0.3, 0.4) is 0 Å². The fourth-order valence-corrected chi connectivity index (χ4v) is 4.11. The SMILES string of the molecule is COc1cc(-n2cnnn2)c(Cl)cc1C(=O)Nc1ccc(CN2CCCCC2C)cc1. The number of ether oxygens (including phenoxy) is 1. The van der Waals surface area contributed by atoms with Crippen LogP contribution in [-0.4, -0.2) is 50.7 Å². The lowest BCUT2D eigenvalue weighted by Crippen LogP contribution is -2.36. The van der Waals surface area contributed by atoms with E-state index in [1.807, 2.05) is 12.1 Å². The number of amides is 1. The Morgan fingerprint density at radius 3 is 2.74 bits per heavy atom. The minimum Gasteiger partial charge on any atom is -0.496 e. The highest BCUT2D eigenvalue weighted by Gasteiger charge is 2.19. The fourth-order valence-electron chi connectivity index (χ4n) is 3.86. The number of anilines is 1. The van der Waals surface area contributed by atoms with Gasteiger partial charge in [-0.3, -0.25) is 9.69 Å². The summed E-state index contributed by atoms with van der Waals surface area (Å²) in [5.41, 5.74) is 2.80. The van der Waals surface area contributed by atoms with Gasteiger partial charge in [0.1, 0.15) is 12.1 Å². The Kier molecular flexibility index (Phi) is 6.48. The van der Waals surface area contributed by atoms with E-state index in [0.717, 1.165) is 13.1 Å². The van der Waals surface area contributed by atoms with E-state index in [9.17, 15) is 4.79 Å². The van der Waals surface area contributed by atoms with E-state index in [1.54, 1.807) is 12.1 Å². The van der Waals surface area contributed by atoms with Crippen LogP contribution in [0.4, 0.5) is 5.69 Å². The van der Waals surface area contributed by atoms with Crippen molar-refractivity contribution in [2.75, 3.05) is 19.0 Å². The van der Waals surface area contributed by atoms with Crippen LogP contribution in [0.25, 0.3) is 5.69 Å². The van der Waals surface area contributed by atoms with Crippen LogP contribution < -0.4 is 10.1 Å². The van der Waals surface area contributed by atoms with Crippen molar-refractivity contribution in [3.05, 3.63) is 58.9 Å². The van der Waals surface area contributed by atoms with Gasteiger partial charge >= 0.3 is 0 Å². The highest BCUT2D eigenvalue weighted by molar-refractivity contribution is 6.33. The molecular weight excluding hydrogens is 416 g/mol. The zero-order chi connectivity index (χ0) is 21.8. The van der Waals surface area contributed by atoms with Crippen LogP contribution >= 0.6 is 11.6 Å². The number of aromatic nitrogens is 4. The first-order valence-corrected chi connectivity index (χ1v) is 10.7. The maximum atomic E-state index is 12.9. The summed E-state index contributed by atoms with van der Waals surface area (Å²) in [4.78, 5) is 15.4. The first-order valence-electron chi connectivity index (χ1n) is 10.3. The number of methoxy groups -OCH3 is 1. The number of benzene rings is 2. The van der Waals surface area contributed by atoms with Crippen LogP contribution in [0.15, 0.2) is 42.7 Å². The second-order valence-electron chi connectivity index (χ2n) is 7.72. The lowest BCUT2D eigenvalue weighted by atomic mass is 10.0. The molecule has 1 aromatic heterocycles. The summed E-state index contributed by atoms with van der Waals surface area (Å²) in [5.74, 6) is 0.0718. The van der Waals surface area contributed by atoms with Crippen molar-refractivity contribution < 1.29 is 9.53 Å². The Morgan fingerprint density at radius 2 is 2.06 bits per heavy atom. The quantitative estimate of drug-likeness (QED) is 0.624. The van der Waals surface area contributed by atoms with Crippen molar-refractivity contribution in [2.24, 2.45) is 0 Å². The number of rotatable bonds is 6. The van der Waals surface area contributed by atoms with Gasteiger partial charge < -0.3 is 10.1 Å². The smallest absolute Gasteiger partial charge is 0.259 e. The first kappa shape index (κ1) is 21.3. The molecule has 0 bridgehead atoms. The summed E-state index contributed by atoms with van der Waals surface area (Å²) < 4.78 is 6.82. The van der Waals surface area contributed by atoms with Crippen LogP contribution in [0, 0.1) is 0 Å². The number of piperidine rings is 1. The minimum atomic E-state index is -0.306. The third kappa shape index (κ3) is 4.86. The zero-order valence-corrected chi connectivity index (χ0v) is 18.3. The number of carbonyl (C=O) groups excluding carboxylic acids is 1. The Morgan fingerprint density at radius 1 is 1.26 bits per heavy atom. The summed E-state index contributed by atoms with van der Waals surface area (Å²) in [5, 5.41) is 14.3. The van der Waals surface area contributed by atoms with Crippen molar-refractivity contribution >= 4 is 23.2 Å². The molecule has 0 aliphatic carbocycles. The van der Waals surface area contributed by atoms with Gasteiger partial charge in [-0.05, 0) is 60.5 Å². The molecule has 8 nitrogen and oxygen atoms in total. The monoisotopic (exact) mass is 440 g/mol. The van der Waals surface area contributed by atoms with Gasteiger partial charge in [-0.1, -0.05) is 30.2 Å². The lowest BCUT2D eigenvalue weighted by molar-refractivity contribution is 0.102. The normalized spacial score (nSPS) is 16.8. The Labute approximate surface area is 186 Å². The summed E-state index contributed by atoms with van der Waals surface area (Å²) >= 11 is 6.37. The number of tetrazole rings is 1. The van der Waals surface area contributed by atoms with Gasteiger partial charge in [0.25, 0.3) is 5.91 Å². The molecule has 1 atom stereocenters. The van der Waals surface area contributed by atoms with Crippen molar-refractivity contribution in [1.29, 1.82) is 0 Å². The van der Waals surface area contributed by atoms with Crippen LogP contribution in [0.1, 0.15) is 42.1 Å². The van der Waals surface area contributed by atoms with E-state index in [0.29, 0.717) is 33.8 Å². The van der Waals surface area contributed by atoms with Crippen molar-refractivity contribution in [3.8, 4) is 11.4 Å². The molecule has 1 aliphatic heterocycles. The molecule has 3 aromatic rings. The third-order valence-electron chi connectivity index (χ3n) is 5.65. The largest absolute Gasteiger partial charge is 0.496 e. The van der Waals surface area contributed by atoms with Gasteiger partial charge in [-0.2, -0.15) is 4.68 Å². The predicted molar refractivity (Wildman–Crippen MR) is 119 cm³/mol. The van der Waals surface area contributed by atoms with E-state index in [2.05, 4.69) is 44.8 Å². The maximum Gasteiger partial charge on any atom is 0.259 e. The molecular formula is C22H25ClN6O2. The number of nitrogens with one attached hydrogen (secondary N) is 1. The summed E-state index contributed by atoms with van der Waals surface area (Å²) in [6, 6.07) is 11.8. The average molecular weight is 441 g/mol. The highest BCUT2D eigenvalue weighted by atomic mass is 35.5. The highest BCUT2D eigenvalue weighted by Crippen LogP contribution is 2.30. The molecule has 2 aromatic carbocycles. The Bertz CT molecular complexity index is 1040. The van der Waals surface area contributed by atoms with Crippen molar-refractivity contribution in [3.63, 3.8) is 0 Å². The molecule has 0 radical (unpaired) electrons. The molecule has 0 spiro atoms. The second kappa shape index (κ2) is 9.45. The molecule has 31 heavy (non-hydrogen) atoms. The topological polar surface area (TPSA) is 85.2 Å². The molecule has 4 rings (SSSR count). The molecule has 1 amide bonds. The lowest BCUT2D eigenvalue weighted by Gasteiger charge is -2.33. The van der Waals surface area contributed by atoms with Gasteiger partial charge in [-0.15, -0.1) is 5.10 Å². The number of halogens is 1. The third-order valence-corrected chi connectivity index (χ3v) is 5.95. The molecule has 1 N–H and O–H groups in total. The summed E-state index contributed by atoms with van der Waals surface area (Å²) in [6.07, 6.45) is 5.25. The zero-order valence-electron chi connectivity index (χ0n) is 17.6. The second-order valence-corrected chi connectivity index (χ2v) is 8.13. The maximum absolute atomic E-state index is 12.9. The summed E-state index contributed by atoms with van der Waals surface area (Å²) in [7, 11) is 1.50. The predicted octanol–water partition coefficient (Wildman–Crippen LogP) is 3.95. The molecule has 9 heteroatoms. The molecule has 1 aliphatic rings. The molecule has 0 saturated carbocycles. The van der Waals surface area contributed by atoms with E-state index in [1.165, 1.54) is 42.9 Å². The molecule has 162 valence electrons. The first-order chi connectivity index (χ1) is 15.0. The molecule has 2 heterocycles. The van der Waals surface area contributed by atoms with E-state index < -0.39 is 0 Å². The summed E-state index contributed by atoms with van der Waals surface area (Å²) in [6.45, 7) is 4.36. The number of hydrogen-bond acceptors (Lipinski definition) is 6. The number of nitrogens with zero attached hydrogens (tertiary/aromatic N) is 5. The Balaban J connectivity index is 1.47. The van der Waals surface area contributed by atoms with Crippen LogP contribution in [0.5, 0.6) is 5.75 Å². The van der Waals surface area contributed by atoms with Gasteiger partial charge in [0.05, 0.1) is 23.4 Å². The van der Waals surface area contributed by atoms with Crippen LogP contribution in [-0.2, 0) is 6.54 Å². The van der Waals surface area contributed by atoms with Crippen molar-refractivity contribution in [2.45, 2.75) is 38.8 Å². The van der Waals surface area contributed by atoms with E-state index >= 15 is 0 Å². The molecule has 1 unspecified atom stereocenters. The van der Waals surface area contributed by atoms with Gasteiger partial charge in [0.15, 0.2) is 0 Å². The van der Waals surface area contributed by atoms with Gasteiger partial charge in [-0.25, -0.2) is 0 Å². The fraction of sp³-hybridized carbons (Fsp3) is 0.364. The average Bonchev–Trinajstić information content (AvgIpc) is 3.31.